The molecular weight excluding hydrogens is 214 g/mol. The number of nitrogens with one attached hydrogen (secondary N) is 1. The van der Waals surface area contributed by atoms with Crippen molar-refractivity contribution in [2.24, 2.45) is 5.84 Å². The highest BCUT2D eigenvalue weighted by Gasteiger charge is 2.19. The molecule has 1 aromatic rings. The van der Waals surface area contributed by atoms with E-state index in [1.807, 2.05) is 0 Å². The fourth-order valence-corrected chi connectivity index (χ4v) is 2.29. The number of nitrogen functional groups attached to an aromatic ring is 1. The Labute approximate surface area is 92.2 Å². The largest absolute Gasteiger partial charge is 0.392 e. The van der Waals surface area contributed by atoms with Gasteiger partial charge < -0.3 is 10.5 Å². The highest BCUT2D eigenvalue weighted by atomic mass is 32.1. The number of rotatable bonds is 3. The second kappa shape index (κ2) is 4.84. The van der Waals surface area contributed by atoms with Gasteiger partial charge in [-0.2, -0.15) is 0 Å². The summed E-state index contributed by atoms with van der Waals surface area (Å²) in [6.45, 7) is 2.41. The van der Waals surface area contributed by atoms with Crippen molar-refractivity contribution in [3.8, 4) is 0 Å². The molecule has 1 saturated heterocycles. The summed E-state index contributed by atoms with van der Waals surface area (Å²) in [5, 5.41) is 14.3. The van der Waals surface area contributed by atoms with Crippen molar-refractivity contribution >= 4 is 16.5 Å². The number of aliphatic hydroxyl groups excluding tert-OH is 1. The average molecular weight is 229 g/mol. The molecule has 0 aliphatic carbocycles. The van der Waals surface area contributed by atoms with Crippen molar-refractivity contribution in [1.29, 1.82) is 0 Å². The van der Waals surface area contributed by atoms with Crippen molar-refractivity contribution in [2.45, 2.75) is 25.5 Å². The topological polar surface area (TPSA) is 87.3 Å². The highest BCUT2D eigenvalue weighted by Crippen LogP contribution is 2.19. The molecule has 0 bridgehead atoms. The Balaban J connectivity index is 1.96. The summed E-state index contributed by atoms with van der Waals surface area (Å²) in [6, 6.07) is 0. The number of piperidine rings is 1. The normalized spacial score (nSPS) is 22.9. The number of hydrazine groups is 1. The third-order valence-corrected chi connectivity index (χ3v) is 3.24. The van der Waals surface area contributed by atoms with E-state index in [1.165, 1.54) is 11.5 Å². The SMILES string of the molecule is NNc1snnc1CN1CCCC(O)C1. The van der Waals surface area contributed by atoms with Gasteiger partial charge in [0, 0.05) is 24.6 Å². The molecule has 0 radical (unpaired) electrons. The lowest BCUT2D eigenvalue weighted by Gasteiger charge is -2.29. The fourth-order valence-electron chi connectivity index (χ4n) is 1.81. The lowest BCUT2D eigenvalue weighted by Crippen LogP contribution is -2.37. The molecule has 7 heteroatoms. The second-order valence-electron chi connectivity index (χ2n) is 3.72. The van der Waals surface area contributed by atoms with Gasteiger partial charge in [-0.15, -0.1) is 5.10 Å². The van der Waals surface area contributed by atoms with E-state index in [-0.39, 0.29) is 6.10 Å². The Morgan fingerprint density at radius 3 is 3.27 bits per heavy atom. The molecule has 6 nitrogen and oxygen atoms in total. The van der Waals surface area contributed by atoms with Gasteiger partial charge in [-0.3, -0.25) is 4.90 Å². The number of nitrogens with two attached hydrogens (primary N) is 1. The van der Waals surface area contributed by atoms with E-state index in [1.54, 1.807) is 0 Å². The van der Waals surface area contributed by atoms with Crippen molar-refractivity contribution in [3.05, 3.63) is 5.69 Å². The summed E-state index contributed by atoms with van der Waals surface area (Å²) in [4.78, 5) is 2.17. The van der Waals surface area contributed by atoms with Crippen LogP contribution in [-0.4, -0.2) is 38.8 Å². The first-order chi connectivity index (χ1) is 7.29. The van der Waals surface area contributed by atoms with Gasteiger partial charge in [-0.25, -0.2) is 5.84 Å². The van der Waals surface area contributed by atoms with Crippen LogP contribution in [0.3, 0.4) is 0 Å². The number of aromatic nitrogens is 2. The van der Waals surface area contributed by atoms with Crippen LogP contribution >= 0.6 is 11.5 Å². The van der Waals surface area contributed by atoms with Crippen molar-refractivity contribution in [1.82, 2.24) is 14.5 Å². The number of hydrogen-bond donors (Lipinski definition) is 3. The lowest BCUT2D eigenvalue weighted by atomic mass is 10.1. The molecule has 1 aromatic heterocycles. The van der Waals surface area contributed by atoms with Crippen LogP contribution in [0.25, 0.3) is 0 Å². The molecule has 0 saturated carbocycles. The number of nitrogens with zero attached hydrogens (tertiary/aromatic N) is 3. The molecule has 2 heterocycles. The maximum atomic E-state index is 9.52. The summed E-state index contributed by atoms with van der Waals surface area (Å²) in [7, 11) is 0. The molecule has 15 heavy (non-hydrogen) atoms. The van der Waals surface area contributed by atoms with Crippen LogP contribution in [0.4, 0.5) is 5.00 Å². The Kier molecular flexibility index (Phi) is 3.47. The summed E-state index contributed by atoms with van der Waals surface area (Å²) in [5.74, 6) is 5.34. The minimum Gasteiger partial charge on any atom is -0.392 e. The van der Waals surface area contributed by atoms with Gasteiger partial charge >= 0.3 is 0 Å². The summed E-state index contributed by atoms with van der Waals surface area (Å²) >= 11 is 1.25. The van der Waals surface area contributed by atoms with E-state index < -0.39 is 0 Å². The van der Waals surface area contributed by atoms with Crippen LogP contribution in [0.1, 0.15) is 18.5 Å². The number of anilines is 1. The van der Waals surface area contributed by atoms with Gasteiger partial charge in [0.25, 0.3) is 0 Å². The zero-order chi connectivity index (χ0) is 10.7. The van der Waals surface area contributed by atoms with Crippen LogP contribution in [-0.2, 0) is 6.54 Å². The highest BCUT2D eigenvalue weighted by molar-refractivity contribution is 7.10. The maximum Gasteiger partial charge on any atom is 0.148 e. The lowest BCUT2D eigenvalue weighted by molar-refractivity contribution is 0.0663. The quantitative estimate of drug-likeness (QED) is 0.490. The summed E-state index contributed by atoms with van der Waals surface area (Å²) in [5.41, 5.74) is 3.44. The van der Waals surface area contributed by atoms with E-state index in [0.717, 1.165) is 30.1 Å². The maximum absolute atomic E-state index is 9.52. The predicted octanol–water partition coefficient (Wildman–Crippen LogP) is -0.220. The van der Waals surface area contributed by atoms with Gasteiger partial charge in [-0.05, 0) is 19.4 Å². The van der Waals surface area contributed by atoms with Crippen molar-refractivity contribution < 1.29 is 5.11 Å². The molecule has 4 N–H and O–H groups in total. The fraction of sp³-hybridized carbons (Fsp3) is 0.750. The molecule has 1 aliphatic heterocycles. The van der Waals surface area contributed by atoms with Gasteiger partial charge in [0.05, 0.1) is 6.10 Å². The van der Waals surface area contributed by atoms with Crippen LogP contribution < -0.4 is 11.3 Å². The Bertz CT molecular complexity index is 318. The molecule has 1 aliphatic rings. The first kappa shape index (κ1) is 10.7. The van der Waals surface area contributed by atoms with Gasteiger partial charge in [0.15, 0.2) is 0 Å². The smallest absolute Gasteiger partial charge is 0.148 e. The van der Waals surface area contributed by atoms with Crippen LogP contribution in [0.2, 0.25) is 0 Å². The standard InChI is InChI=1S/C8H15N5OS/c9-10-8-7(11-12-15-8)5-13-3-1-2-6(14)4-13/h6,10,14H,1-5,9H2. The molecule has 1 fully saturated rings. The van der Waals surface area contributed by atoms with Crippen molar-refractivity contribution in [3.63, 3.8) is 0 Å². The van der Waals surface area contributed by atoms with Crippen LogP contribution in [0, 0.1) is 0 Å². The van der Waals surface area contributed by atoms with Crippen molar-refractivity contribution in [2.75, 3.05) is 18.5 Å². The Morgan fingerprint density at radius 2 is 2.53 bits per heavy atom. The van der Waals surface area contributed by atoms with Gasteiger partial charge in [0.1, 0.15) is 10.7 Å². The summed E-state index contributed by atoms with van der Waals surface area (Å²) in [6.07, 6.45) is 1.72. The van der Waals surface area contributed by atoms with E-state index in [9.17, 15) is 5.11 Å². The number of hydrogen-bond acceptors (Lipinski definition) is 7. The zero-order valence-corrected chi connectivity index (χ0v) is 9.20. The van der Waals surface area contributed by atoms with E-state index in [2.05, 4.69) is 19.9 Å². The molecular formula is C8H15N5OS. The van der Waals surface area contributed by atoms with Crippen LogP contribution in [0.15, 0.2) is 0 Å². The predicted molar refractivity (Wildman–Crippen MR) is 58.2 cm³/mol. The van der Waals surface area contributed by atoms with Gasteiger partial charge in [0.2, 0.25) is 0 Å². The molecule has 0 aromatic carbocycles. The molecule has 0 spiro atoms. The Morgan fingerprint density at radius 1 is 1.67 bits per heavy atom. The molecule has 84 valence electrons. The van der Waals surface area contributed by atoms with E-state index in [4.69, 9.17) is 5.84 Å². The number of aliphatic hydroxyl groups is 1. The molecule has 1 atom stereocenters. The van der Waals surface area contributed by atoms with E-state index in [0.29, 0.717) is 13.1 Å². The number of likely N-dealkylation sites (tertiary alicyclic amines) is 1. The Hall–Kier alpha value is -0.760. The minimum absolute atomic E-state index is 0.209. The number of β-amino-alcohol motifs (C(OH)–C–C–N with tert-alkyl or cyclic N) is 1. The third kappa shape index (κ3) is 2.63. The zero-order valence-electron chi connectivity index (χ0n) is 8.39. The first-order valence-corrected chi connectivity index (χ1v) is 5.75. The average Bonchev–Trinajstić information content (AvgIpc) is 2.65. The monoisotopic (exact) mass is 229 g/mol. The second-order valence-corrected chi connectivity index (χ2v) is 4.48. The first-order valence-electron chi connectivity index (χ1n) is 4.98. The third-order valence-electron chi connectivity index (χ3n) is 2.54. The molecule has 1 unspecified atom stereocenters. The van der Waals surface area contributed by atoms with E-state index >= 15 is 0 Å². The van der Waals surface area contributed by atoms with Crippen LogP contribution in [0.5, 0.6) is 0 Å². The summed E-state index contributed by atoms with van der Waals surface area (Å²) < 4.78 is 3.84. The van der Waals surface area contributed by atoms with Gasteiger partial charge in [-0.1, -0.05) is 4.49 Å². The molecule has 2 rings (SSSR count). The minimum atomic E-state index is -0.209. The molecule has 0 amide bonds.